The van der Waals surface area contributed by atoms with E-state index in [1.807, 2.05) is 51.1 Å². The Bertz CT molecular complexity index is 907. The van der Waals surface area contributed by atoms with Crippen molar-refractivity contribution in [1.29, 1.82) is 0 Å². The largest absolute Gasteiger partial charge is 0.350 e. The molecule has 2 aromatic rings. The average Bonchev–Trinajstić information content (AvgIpc) is 2.55. The van der Waals surface area contributed by atoms with Gasteiger partial charge in [-0.3, -0.25) is 9.10 Å². The van der Waals surface area contributed by atoms with E-state index in [1.165, 1.54) is 4.31 Å². The average molecular weight is 375 g/mol. The van der Waals surface area contributed by atoms with Gasteiger partial charge in [0.25, 0.3) is 0 Å². The van der Waals surface area contributed by atoms with Gasteiger partial charge in [-0.2, -0.15) is 0 Å². The van der Waals surface area contributed by atoms with Crippen molar-refractivity contribution >= 4 is 21.6 Å². The second kappa shape index (κ2) is 7.91. The lowest BCUT2D eigenvalue weighted by atomic mass is 10.1. The van der Waals surface area contributed by atoms with E-state index in [0.29, 0.717) is 12.2 Å². The number of hydrogen-bond acceptors (Lipinski definition) is 3. The van der Waals surface area contributed by atoms with Gasteiger partial charge in [0.2, 0.25) is 15.9 Å². The highest BCUT2D eigenvalue weighted by Gasteiger charge is 2.29. The van der Waals surface area contributed by atoms with E-state index in [-0.39, 0.29) is 5.91 Å². The lowest BCUT2D eigenvalue weighted by Gasteiger charge is -2.28. The van der Waals surface area contributed by atoms with Gasteiger partial charge >= 0.3 is 0 Å². The molecule has 5 nitrogen and oxygen atoms in total. The summed E-state index contributed by atoms with van der Waals surface area (Å²) in [7, 11) is -3.61. The van der Waals surface area contributed by atoms with Crippen LogP contribution in [0.3, 0.4) is 0 Å². The zero-order valence-corrected chi connectivity index (χ0v) is 16.7. The Kier molecular flexibility index (Phi) is 6.08. The number of nitrogens with one attached hydrogen (secondary N) is 1. The topological polar surface area (TPSA) is 66.5 Å². The summed E-state index contributed by atoms with van der Waals surface area (Å²) in [6.07, 6.45) is 1.12. The number of aryl methyl sites for hydroxylation is 3. The standard InChI is InChI=1S/C20H26N2O3S/c1-14-7-6-8-18(11-14)13-21-20(23)17(4)22(26(5,24)25)19-10-9-15(2)16(3)12-19/h6-12,17H,13H2,1-5H3,(H,21,23)/t17-/m1/s1. The van der Waals surface area contributed by atoms with E-state index in [4.69, 9.17) is 0 Å². The molecule has 140 valence electrons. The minimum absolute atomic E-state index is 0.338. The maximum Gasteiger partial charge on any atom is 0.243 e. The fourth-order valence-electron chi connectivity index (χ4n) is 2.83. The van der Waals surface area contributed by atoms with Crippen LogP contribution in [0.25, 0.3) is 0 Å². The van der Waals surface area contributed by atoms with Crippen LogP contribution in [0.1, 0.15) is 29.2 Å². The Morgan fingerprint density at radius 2 is 1.77 bits per heavy atom. The zero-order chi connectivity index (χ0) is 19.5. The van der Waals surface area contributed by atoms with Gasteiger partial charge < -0.3 is 5.32 Å². The smallest absolute Gasteiger partial charge is 0.243 e. The zero-order valence-electron chi connectivity index (χ0n) is 15.9. The second-order valence-corrected chi connectivity index (χ2v) is 8.57. The lowest BCUT2D eigenvalue weighted by molar-refractivity contribution is -0.122. The summed E-state index contributed by atoms with van der Waals surface area (Å²) in [6.45, 7) is 7.82. The summed E-state index contributed by atoms with van der Waals surface area (Å²) >= 11 is 0. The van der Waals surface area contributed by atoms with Crippen molar-refractivity contribution in [2.24, 2.45) is 0 Å². The van der Waals surface area contributed by atoms with Crippen LogP contribution in [0.5, 0.6) is 0 Å². The molecule has 0 aliphatic carbocycles. The molecular weight excluding hydrogens is 348 g/mol. The van der Waals surface area contributed by atoms with E-state index in [2.05, 4.69) is 5.32 Å². The first-order valence-electron chi connectivity index (χ1n) is 8.49. The molecule has 0 spiro atoms. The number of sulfonamides is 1. The van der Waals surface area contributed by atoms with E-state index < -0.39 is 16.1 Å². The molecule has 0 saturated heterocycles. The molecule has 0 aromatic heterocycles. The highest BCUT2D eigenvalue weighted by molar-refractivity contribution is 7.92. The van der Waals surface area contributed by atoms with Crippen LogP contribution in [0, 0.1) is 20.8 Å². The molecule has 0 bridgehead atoms. The molecule has 1 amide bonds. The number of rotatable bonds is 6. The number of hydrogen-bond donors (Lipinski definition) is 1. The van der Waals surface area contributed by atoms with Crippen molar-refractivity contribution in [2.45, 2.75) is 40.3 Å². The van der Waals surface area contributed by atoms with Crippen molar-refractivity contribution in [3.05, 3.63) is 64.7 Å². The number of carbonyl (C=O) groups excluding carboxylic acids is 1. The Morgan fingerprint density at radius 3 is 2.35 bits per heavy atom. The maximum absolute atomic E-state index is 12.6. The maximum atomic E-state index is 12.6. The van der Waals surface area contributed by atoms with E-state index in [0.717, 1.165) is 28.5 Å². The van der Waals surface area contributed by atoms with Crippen molar-refractivity contribution in [3.8, 4) is 0 Å². The lowest BCUT2D eigenvalue weighted by Crippen LogP contribution is -2.47. The normalized spacial score (nSPS) is 12.5. The summed E-state index contributed by atoms with van der Waals surface area (Å²) in [5, 5.41) is 2.83. The van der Waals surface area contributed by atoms with Crippen LogP contribution in [-0.4, -0.2) is 26.6 Å². The van der Waals surface area contributed by atoms with Crippen molar-refractivity contribution in [3.63, 3.8) is 0 Å². The summed E-state index contributed by atoms with van der Waals surface area (Å²) in [5.41, 5.74) is 4.62. The molecular formula is C20H26N2O3S. The molecule has 0 aliphatic heterocycles. The molecule has 0 saturated carbocycles. The summed E-state index contributed by atoms with van der Waals surface area (Å²) in [5.74, 6) is -0.338. The van der Waals surface area contributed by atoms with Crippen molar-refractivity contribution in [2.75, 3.05) is 10.6 Å². The Hall–Kier alpha value is -2.34. The van der Waals surface area contributed by atoms with E-state index in [1.54, 1.807) is 19.1 Å². The van der Waals surface area contributed by atoms with Crippen LogP contribution in [-0.2, 0) is 21.4 Å². The molecule has 0 radical (unpaired) electrons. The van der Waals surface area contributed by atoms with Crippen LogP contribution < -0.4 is 9.62 Å². The minimum atomic E-state index is -3.61. The van der Waals surface area contributed by atoms with Crippen molar-refractivity contribution in [1.82, 2.24) is 5.32 Å². The molecule has 1 N–H and O–H groups in total. The second-order valence-electron chi connectivity index (χ2n) is 6.71. The van der Waals surface area contributed by atoms with Gasteiger partial charge in [0.05, 0.1) is 11.9 Å². The Labute approximate surface area is 156 Å². The quantitative estimate of drug-likeness (QED) is 0.845. The SMILES string of the molecule is Cc1cccc(CNC(=O)[C@@H](C)N(c2ccc(C)c(C)c2)S(C)(=O)=O)c1. The molecule has 0 fully saturated rings. The van der Waals surface area contributed by atoms with E-state index in [9.17, 15) is 13.2 Å². The fraction of sp³-hybridized carbons (Fsp3) is 0.350. The minimum Gasteiger partial charge on any atom is -0.350 e. The highest BCUT2D eigenvalue weighted by Crippen LogP contribution is 2.23. The first-order chi connectivity index (χ1) is 12.1. The number of nitrogens with zero attached hydrogens (tertiary/aromatic N) is 1. The van der Waals surface area contributed by atoms with Gasteiger partial charge in [0.1, 0.15) is 6.04 Å². The Balaban J connectivity index is 2.22. The first-order valence-corrected chi connectivity index (χ1v) is 10.3. The monoisotopic (exact) mass is 374 g/mol. The van der Waals surface area contributed by atoms with Gasteiger partial charge in [-0.25, -0.2) is 8.42 Å². The molecule has 1 atom stereocenters. The van der Waals surface area contributed by atoms with Crippen LogP contribution in [0.15, 0.2) is 42.5 Å². The predicted octanol–water partition coefficient (Wildman–Crippen LogP) is 3.08. The van der Waals surface area contributed by atoms with Crippen LogP contribution in [0.2, 0.25) is 0 Å². The predicted molar refractivity (Wildman–Crippen MR) is 106 cm³/mol. The van der Waals surface area contributed by atoms with Crippen LogP contribution in [0.4, 0.5) is 5.69 Å². The third-order valence-electron chi connectivity index (χ3n) is 4.38. The summed E-state index contributed by atoms with van der Waals surface area (Å²) in [4.78, 5) is 12.6. The number of carbonyl (C=O) groups is 1. The molecule has 0 aliphatic rings. The Morgan fingerprint density at radius 1 is 1.08 bits per heavy atom. The van der Waals surface area contributed by atoms with Gasteiger partial charge in [-0.1, -0.05) is 35.9 Å². The summed E-state index contributed by atoms with van der Waals surface area (Å²) in [6, 6.07) is 12.4. The molecule has 0 unspecified atom stereocenters. The number of amides is 1. The van der Waals surface area contributed by atoms with Gasteiger partial charge in [0.15, 0.2) is 0 Å². The number of benzene rings is 2. The molecule has 0 heterocycles. The molecule has 6 heteroatoms. The third kappa shape index (κ3) is 4.85. The van der Waals surface area contributed by atoms with E-state index >= 15 is 0 Å². The fourth-order valence-corrected chi connectivity index (χ4v) is 4.00. The van der Waals surface area contributed by atoms with Gasteiger partial charge in [0, 0.05) is 6.54 Å². The van der Waals surface area contributed by atoms with Crippen LogP contribution >= 0.6 is 0 Å². The molecule has 26 heavy (non-hydrogen) atoms. The third-order valence-corrected chi connectivity index (χ3v) is 5.62. The van der Waals surface area contributed by atoms with Crippen molar-refractivity contribution < 1.29 is 13.2 Å². The highest BCUT2D eigenvalue weighted by atomic mass is 32.2. The molecule has 2 rings (SSSR count). The first kappa shape index (κ1) is 20.0. The van der Waals surface area contributed by atoms with Gasteiger partial charge in [-0.05, 0) is 56.5 Å². The number of anilines is 1. The van der Waals surface area contributed by atoms with Gasteiger partial charge in [-0.15, -0.1) is 0 Å². The molecule has 2 aromatic carbocycles. The summed E-state index contributed by atoms with van der Waals surface area (Å²) < 4.78 is 25.8.